The Balaban J connectivity index is 1.34. The fraction of sp³-hybridized carbons (Fsp3) is 0.258. The maximum absolute atomic E-state index is 13.2. The Morgan fingerprint density at radius 1 is 1.08 bits per heavy atom. The minimum Gasteiger partial charge on any atom is -0.497 e. The molecule has 0 saturated carbocycles. The third-order valence-corrected chi connectivity index (χ3v) is 7.62. The van der Waals surface area contributed by atoms with E-state index in [4.69, 9.17) is 19.7 Å². The molecule has 4 aromatic rings. The van der Waals surface area contributed by atoms with E-state index in [1.54, 1.807) is 19.5 Å². The summed E-state index contributed by atoms with van der Waals surface area (Å²) in [5, 5.41) is 9.98. The van der Waals surface area contributed by atoms with Crippen LogP contribution in [0.1, 0.15) is 31.4 Å². The second-order valence-corrected chi connectivity index (χ2v) is 9.96. The fourth-order valence-electron chi connectivity index (χ4n) is 5.10. The number of carbonyl (C=O) groups excluding carboxylic acids is 2. The van der Waals surface area contributed by atoms with Gasteiger partial charge >= 0.3 is 0 Å². The number of methoxy groups -OCH3 is 1. The molecule has 200 valence electrons. The molecule has 39 heavy (non-hydrogen) atoms. The summed E-state index contributed by atoms with van der Waals surface area (Å²) in [7, 11) is 1.64. The van der Waals surface area contributed by atoms with Crippen LogP contribution in [0.2, 0.25) is 0 Å². The first-order chi connectivity index (χ1) is 18.8. The molecule has 0 spiro atoms. The van der Waals surface area contributed by atoms with E-state index in [-0.39, 0.29) is 5.91 Å². The number of hydrogen-bond acceptors (Lipinski definition) is 6. The highest BCUT2D eigenvalue weighted by molar-refractivity contribution is 5.94. The van der Waals surface area contributed by atoms with Gasteiger partial charge in [-0.15, -0.1) is 0 Å². The predicted octanol–water partition coefficient (Wildman–Crippen LogP) is 4.87. The number of fused-ring (bicyclic) bond motifs is 1. The fourth-order valence-corrected chi connectivity index (χ4v) is 5.10. The number of hydrogen-bond donors (Lipinski definition) is 2. The number of ether oxygens (including phenoxy) is 2. The number of nitrogens with one attached hydrogen (secondary N) is 1. The third kappa shape index (κ3) is 5.03. The van der Waals surface area contributed by atoms with E-state index >= 15 is 0 Å². The first-order valence-electron chi connectivity index (χ1n) is 12.9. The number of likely N-dealkylation sites (tertiary alicyclic amines) is 1. The van der Waals surface area contributed by atoms with Crippen LogP contribution in [0, 0.1) is 0 Å². The molecule has 1 aromatic heterocycles. The first kappa shape index (κ1) is 26.2. The highest BCUT2D eigenvalue weighted by Gasteiger charge is 2.46. The minimum atomic E-state index is -0.753. The van der Waals surface area contributed by atoms with Crippen LogP contribution in [-0.2, 0) is 21.6 Å². The van der Waals surface area contributed by atoms with Gasteiger partial charge in [0, 0.05) is 23.1 Å². The molecule has 0 bridgehead atoms. The van der Waals surface area contributed by atoms with Crippen LogP contribution in [0.15, 0.2) is 78.9 Å². The van der Waals surface area contributed by atoms with Gasteiger partial charge in [0.15, 0.2) is 0 Å². The summed E-state index contributed by atoms with van der Waals surface area (Å²) in [6, 6.07) is 24.7. The smallest absolute Gasteiger partial charge is 0.265 e. The van der Waals surface area contributed by atoms with Crippen LogP contribution >= 0.6 is 0 Å². The summed E-state index contributed by atoms with van der Waals surface area (Å²) in [6.45, 7) is 4.28. The number of aromatic nitrogens is 1. The van der Waals surface area contributed by atoms with Gasteiger partial charge in [0.2, 0.25) is 5.91 Å². The van der Waals surface area contributed by atoms with Crippen LogP contribution in [0.3, 0.4) is 0 Å². The summed E-state index contributed by atoms with van der Waals surface area (Å²) in [5.74, 6) is 0.735. The number of amides is 2. The number of benzene rings is 3. The molecule has 3 aromatic carbocycles. The summed E-state index contributed by atoms with van der Waals surface area (Å²) < 4.78 is 11.5. The van der Waals surface area contributed by atoms with Crippen LogP contribution < -0.4 is 15.0 Å². The van der Waals surface area contributed by atoms with Crippen molar-refractivity contribution in [3.05, 3.63) is 90.0 Å². The summed E-state index contributed by atoms with van der Waals surface area (Å²) in [4.78, 5) is 31.4. The Morgan fingerprint density at radius 2 is 1.77 bits per heavy atom. The largest absolute Gasteiger partial charge is 0.497 e. The van der Waals surface area contributed by atoms with Crippen LogP contribution in [0.5, 0.6) is 11.5 Å². The molecular formula is C31H31N3O5. The van der Waals surface area contributed by atoms with E-state index in [1.807, 2.05) is 79.7 Å². The first-order valence-corrected chi connectivity index (χ1v) is 12.9. The zero-order valence-electron chi connectivity index (χ0n) is 22.2. The molecule has 2 atom stereocenters. The van der Waals surface area contributed by atoms with Crippen molar-refractivity contribution in [3.8, 4) is 22.8 Å². The van der Waals surface area contributed by atoms with Gasteiger partial charge in [-0.2, -0.15) is 0 Å². The third-order valence-electron chi connectivity index (χ3n) is 7.62. The molecule has 2 amide bonds. The lowest BCUT2D eigenvalue weighted by Gasteiger charge is -2.27. The van der Waals surface area contributed by atoms with Gasteiger partial charge in [-0.25, -0.2) is 10.5 Å². The average Bonchev–Trinajstić information content (AvgIpc) is 3.29. The van der Waals surface area contributed by atoms with Gasteiger partial charge in [-0.05, 0) is 74.4 Å². The van der Waals surface area contributed by atoms with Gasteiger partial charge in [0.05, 0.1) is 23.7 Å². The molecule has 1 aliphatic heterocycles. The quantitative estimate of drug-likeness (QED) is 0.251. The molecule has 5 rings (SSSR count). The van der Waals surface area contributed by atoms with E-state index in [1.165, 1.54) is 4.90 Å². The summed E-state index contributed by atoms with van der Waals surface area (Å²) >= 11 is 0. The van der Waals surface area contributed by atoms with E-state index in [0.717, 1.165) is 39.0 Å². The molecule has 2 unspecified atom stereocenters. The number of pyridine rings is 1. The second kappa shape index (κ2) is 10.7. The van der Waals surface area contributed by atoms with Gasteiger partial charge in [-0.1, -0.05) is 30.3 Å². The highest BCUT2D eigenvalue weighted by atomic mass is 16.5. The van der Waals surface area contributed by atoms with Crippen molar-refractivity contribution < 1.29 is 24.3 Å². The maximum Gasteiger partial charge on any atom is 0.265 e. The van der Waals surface area contributed by atoms with Crippen LogP contribution in [0.4, 0.5) is 0 Å². The van der Waals surface area contributed by atoms with E-state index in [2.05, 4.69) is 6.07 Å². The van der Waals surface area contributed by atoms with E-state index in [0.29, 0.717) is 25.3 Å². The zero-order valence-corrected chi connectivity index (χ0v) is 22.2. The van der Waals surface area contributed by atoms with Crippen molar-refractivity contribution in [2.45, 2.75) is 38.3 Å². The number of para-hydroxylation sites is 1. The van der Waals surface area contributed by atoms with Crippen molar-refractivity contribution in [1.82, 2.24) is 15.4 Å². The lowest BCUT2D eigenvalue weighted by Crippen LogP contribution is -2.47. The van der Waals surface area contributed by atoms with Crippen molar-refractivity contribution >= 4 is 22.7 Å². The molecular weight excluding hydrogens is 494 g/mol. The normalized spacial score (nSPS) is 17.7. The molecule has 8 heteroatoms. The van der Waals surface area contributed by atoms with Gasteiger partial charge in [0.25, 0.3) is 5.91 Å². The van der Waals surface area contributed by atoms with Crippen LogP contribution in [-0.4, -0.2) is 46.6 Å². The second-order valence-electron chi connectivity index (χ2n) is 9.96. The Labute approximate surface area is 227 Å². The van der Waals surface area contributed by atoms with Crippen molar-refractivity contribution in [3.63, 3.8) is 0 Å². The SMILES string of the molecule is COc1ccc(-c2cc(COc3ccc(C4(C)CCN(C(C)C(=O)NO)C4=O)cc3)c3ccccc3n2)cc1. The van der Waals surface area contributed by atoms with Gasteiger partial charge in [0.1, 0.15) is 24.1 Å². The van der Waals surface area contributed by atoms with E-state index in [9.17, 15) is 9.59 Å². The lowest BCUT2D eigenvalue weighted by atomic mass is 9.81. The minimum absolute atomic E-state index is 0.137. The van der Waals surface area contributed by atoms with Crippen molar-refractivity contribution in [2.75, 3.05) is 13.7 Å². The topological polar surface area (TPSA) is 101 Å². The molecule has 8 nitrogen and oxygen atoms in total. The van der Waals surface area contributed by atoms with Crippen molar-refractivity contribution in [1.29, 1.82) is 0 Å². The summed E-state index contributed by atoms with van der Waals surface area (Å²) in [6.07, 6.45) is 0.576. The Kier molecular flexibility index (Phi) is 7.21. The zero-order chi connectivity index (χ0) is 27.6. The predicted molar refractivity (Wildman–Crippen MR) is 148 cm³/mol. The lowest BCUT2D eigenvalue weighted by molar-refractivity contribution is -0.143. The Bertz CT molecular complexity index is 1500. The van der Waals surface area contributed by atoms with Crippen LogP contribution in [0.25, 0.3) is 22.2 Å². The summed E-state index contributed by atoms with van der Waals surface area (Å²) in [5.41, 5.74) is 5.48. The highest BCUT2D eigenvalue weighted by Crippen LogP contribution is 2.37. The van der Waals surface area contributed by atoms with Gasteiger partial charge in [-0.3, -0.25) is 14.8 Å². The molecule has 1 fully saturated rings. The van der Waals surface area contributed by atoms with Gasteiger partial charge < -0.3 is 14.4 Å². The number of rotatable bonds is 8. The van der Waals surface area contributed by atoms with E-state index < -0.39 is 17.4 Å². The number of nitrogens with zero attached hydrogens (tertiary/aromatic N) is 2. The standard InChI is InChI=1S/C31H31N3O5/c1-20(29(35)33-37)34-17-16-31(2,30(34)36)23-10-14-25(15-11-23)39-19-22-18-28(21-8-12-24(38-3)13-9-21)32-27-7-5-4-6-26(22)27/h4-15,18,20,37H,16-17,19H2,1-3H3,(H,33,35). The number of hydroxylamine groups is 1. The molecule has 1 saturated heterocycles. The molecule has 0 radical (unpaired) electrons. The molecule has 1 aliphatic rings. The van der Waals surface area contributed by atoms with Crippen molar-refractivity contribution in [2.24, 2.45) is 0 Å². The molecule has 2 N–H and O–H groups in total. The number of carbonyl (C=O) groups is 2. The molecule has 0 aliphatic carbocycles. The Morgan fingerprint density at radius 3 is 2.46 bits per heavy atom. The maximum atomic E-state index is 13.2. The Hall–Kier alpha value is -4.43. The average molecular weight is 526 g/mol. The molecule has 2 heterocycles. The monoisotopic (exact) mass is 525 g/mol.